The molecule has 1 aromatic carbocycles. The number of phenols is 1. The van der Waals surface area contributed by atoms with Crippen molar-refractivity contribution < 1.29 is 10.2 Å². The number of rotatable bonds is 2. The SMILES string of the molecule is Cc1ccc([C@@H](N)[C@@H](O)C(C)(C)C)c(O)c1.Cl. The molecule has 0 heterocycles. The highest BCUT2D eigenvalue weighted by atomic mass is 35.5. The zero-order chi connectivity index (χ0) is 12.5. The van der Waals surface area contributed by atoms with Crippen LogP contribution in [0.25, 0.3) is 0 Å². The quantitative estimate of drug-likeness (QED) is 0.765. The van der Waals surface area contributed by atoms with Crippen molar-refractivity contribution in [3.63, 3.8) is 0 Å². The van der Waals surface area contributed by atoms with Crippen LogP contribution in [0, 0.1) is 12.3 Å². The minimum atomic E-state index is -0.693. The molecular formula is C13H22ClNO2. The third kappa shape index (κ3) is 3.87. The Bertz CT molecular complexity index is 374. The Kier molecular flexibility index (Phi) is 5.46. The third-order valence-electron chi connectivity index (χ3n) is 2.77. The van der Waals surface area contributed by atoms with Crippen molar-refractivity contribution in [1.82, 2.24) is 0 Å². The zero-order valence-corrected chi connectivity index (χ0v) is 11.6. The van der Waals surface area contributed by atoms with Gasteiger partial charge in [0, 0.05) is 5.56 Å². The molecule has 3 nitrogen and oxygen atoms in total. The molecule has 0 saturated heterocycles. The van der Waals surface area contributed by atoms with E-state index in [9.17, 15) is 10.2 Å². The van der Waals surface area contributed by atoms with Gasteiger partial charge in [-0.3, -0.25) is 0 Å². The van der Waals surface area contributed by atoms with Gasteiger partial charge in [0.15, 0.2) is 0 Å². The molecular weight excluding hydrogens is 238 g/mol. The summed E-state index contributed by atoms with van der Waals surface area (Å²) >= 11 is 0. The molecule has 0 unspecified atom stereocenters. The summed E-state index contributed by atoms with van der Waals surface area (Å²) in [7, 11) is 0. The zero-order valence-electron chi connectivity index (χ0n) is 10.8. The van der Waals surface area contributed by atoms with Crippen molar-refractivity contribution in [2.45, 2.75) is 39.8 Å². The van der Waals surface area contributed by atoms with Gasteiger partial charge in [0.05, 0.1) is 12.1 Å². The number of phenolic OH excluding ortho intramolecular Hbond substituents is 1. The van der Waals surface area contributed by atoms with Crippen LogP contribution >= 0.6 is 12.4 Å². The van der Waals surface area contributed by atoms with Crippen LogP contribution in [-0.2, 0) is 0 Å². The molecule has 0 aromatic heterocycles. The Morgan fingerprint density at radius 3 is 2.18 bits per heavy atom. The summed E-state index contributed by atoms with van der Waals surface area (Å²) in [5.74, 6) is 0.149. The lowest BCUT2D eigenvalue weighted by molar-refractivity contribution is 0.0395. The summed E-state index contributed by atoms with van der Waals surface area (Å²) in [6.45, 7) is 7.66. The number of aromatic hydroxyl groups is 1. The highest BCUT2D eigenvalue weighted by Gasteiger charge is 2.30. The van der Waals surface area contributed by atoms with Crippen LogP contribution in [-0.4, -0.2) is 16.3 Å². The molecule has 0 fully saturated rings. The summed E-state index contributed by atoms with van der Waals surface area (Å²) in [5, 5.41) is 19.9. The van der Waals surface area contributed by atoms with Crippen LogP contribution in [0.4, 0.5) is 0 Å². The van der Waals surface area contributed by atoms with Gasteiger partial charge in [0.25, 0.3) is 0 Å². The predicted molar refractivity (Wildman–Crippen MR) is 72.5 cm³/mol. The Labute approximate surface area is 109 Å². The Hall–Kier alpha value is -0.770. The lowest BCUT2D eigenvalue weighted by Crippen LogP contribution is -2.37. The van der Waals surface area contributed by atoms with Gasteiger partial charge in [-0.25, -0.2) is 0 Å². The normalized spacial score (nSPS) is 14.9. The van der Waals surface area contributed by atoms with Gasteiger partial charge in [-0.15, -0.1) is 12.4 Å². The summed E-state index contributed by atoms with van der Waals surface area (Å²) in [4.78, 5) is 0. The number of nitrogens with two attached hydrogens (primary N) is 1. The number of hydrogen-bond acceptors (Lipinski definition) is 3. The highest BCUT2D eigenvalue weighted by Crippen LogP contribution is 2.32. The van der Waals surface area contributed by atoms with E-state index >= 15 is 0 Å². The van der Waals surface area contributed by atoms with Crippen LogP contribution in [0.2, 0.25) is 0 Å². The first-order chi connectivity index (χ1) is 7.23. The lowest BCUT2D eigenvalue weighted by Gasteiger charge is -2.31. The van der Waals surface area contributed by atoms with Crippen molar-refractivity contribution in [1.29, 1.82) is 0 Å². The van der Waals surface area contributed by atoms with Crippen molar-refractivity contribution >= 4 is 12.4 Å². The summed E-state index contributed by atoms with van der Waals surface area (Å²) in [6.07, 6.45) is -0.693. The molecule has 0 aliphatic heterocycles. The second kappa shape index (κ2) is 5.71. The van der Waals surface area contributed by atoms with Crippen LogP contribution in [0.3, 0.4) is 0 Å². The second-order valence-corrected chi connectivity index (χ2v) is 5.40. The van der Waals surface area contributed by atoms with Gasteiger partial charge in [0.2, 0.25) is 0 Å². The molecule has 0 spiro atoms. The molecule has 98 valence electrons. The summed E-state index contributed by atoms with van der Waals surface area (Å²) in [6, 6.07) is 4.74. The predicted octanol–water partition coefficient (Wildman–Crippen LogP) is 2.53. The molecule has 1 rings (SSSR count). The van der Waals surface area contributed by atoms with E-state index in [4.69, 9.17) is 5.73 Å². The van der Waals surface area contributed by atoms with Gasteiger partial charge in [-0.1, -0.05) is 32.9 Å². The topological polar surface area (TPSA) is 66.5 Å². The fraction of sp³-hybridized carbons (Fsp3) is 0.538. The fourth-order valence-corrected chi connectivity index (χ4v) is 1.64. The molecule has 1 aromatic rings. The average molecular weight is 260 g/mol. The number of benzene rings is 1. The molecule has 0 radical (unpaired) electrons. The van der Waals surface area contributed by atoms with Crippen molar-refractivity contribution in [2.24, 2.45) is 11.1 Å². The molecule has 0 aliphatic carbocycles. The largest absolute Gasteiger partial charge is 0.508 e. The maximum atomic E-state index is 10.1. The monoisotopic (exact) mass is 259 g/mol. The van der Waals surface area contributed by atoms with E-state index in [1.807, 2.05) is 33.8 Å². The van der Waals surface area contributed by atoms with Crippen LogP contribution in [0.5, 0.6) is 5.75 Å². The van der Waals surface area contributed by atoms with Gasteiger partial charge < -0.3 is 15.9 Å². The van der Waals surface area contributed by atoms with Crippen molar-refractivity contribution in [3.8, 4) is 5.75 Å². The van der Waals surface area contributed by atoms with E-state index in [2.05, 4.69) is 0 Å². The molecule has 0 amide bonds. The maximum absolute atomic E-state index is 10.1. The fourth-order valence-electron chi connectivity index (χ4n) is 1.64. The minimum Gasteiger partial charge on any atom is -0.508 e. The first-order valence-corrected chi connectivity index (χ1v) is 5.46. The molecule has 0 bridgehead atoms. The molecule has 4 N–H and O–H groups in total. The average Bonchev–Trinajstić information content (AvgIpc) is 2.14. The molecule has 0 aliphatic rings. The summed E-state index contributed by atoms with van der Waals surface area (Å²) in [5.41, 5.74) is 7.22. The van der Waals surface area contributed by atoms with Crippen molar-refractivity contribution in [2.75, 3.05) is 0 Å². The number of hydrogen-bond donors (Lipinski definition) is 3. The van der Waals surface area contributed by atoms with Gasteiger partial charge >= 0.3 is 0 Å². The summed E-state index contributed by atoms with van der Waals surface area (Å²) < 4.78 is 0. The van der Waals surface area contributed by atoms with Gasteiger partial charge in [0.1, 0.15) is 5.75 Å². The van der Waals surface area contributed by atoms with E-state index < -0.39 is 12.1 Å². The van der Waals surface area contributed by atoms with Crippen molar-refractivity contribution in [3.05, 3.63) is 29.3 Å². The molecule has 2 atom stereocenters. The van der Waals surface area contributed by atoms with E-state index in [0.717, 1.165) is 5.56 Å². The van der Waals surface area contributed by atoms with E-state index in [1.165, 1.54) is 0 Å². The standard InChI is InChI=1S/C13H21NO2.ClH/c1-8-5-6-9(10(15)7-8)11(14)12(16)13(2,3)4;/h5-7,11-12,15-16H,14H2,1-4H3;1H/t11-,12-;/m1./s1. The highest BCUT2D eigenvalue weighted by molar-refractivity contribution is 5.85. The van der Waals surface area contributed by atoms with Gasteiger partial charge in [-0.05, 0) is 24.0 Å². The third-order valence-corrected chi connectivity index (χ3v) is 2.77. The van der Waals surface area contributed by atoms with E-state index in [0.29, 0.717) is 5.56 Å². The van der Waals surface area contributed by atoms with E-state index in [1.54, 1.807) is 12.1 Å². The molecule has 0 saturated carbocycles. The Balaban J connectivity index is 0.00000256. The number of aryl methyl sites for hydroxylation is 1. The second-order valence-electron chi connectivity index (χ2n) is 5.40. The van der Waals surface area contributed by atoms with Gasteiger partial charge in [-0.2, -0.15) is 0 Å². The number of halogens is 1. The van der Waals surface area contributed by atoms with Crippen LogP contribution in [0.1, 0.15) is 37.9 Å². The van der Waals surface area contributed by atoms with Crippen LogP contribution in [0.15, 0.2) is 18.2 Å². The van der Waals surface area contributed by atoms with E-state index in [-0.39, 0.29) is 23.6 Å². The minimum absolute atomic E-state index is 0. The Morgan fingerprint density at radius 1 is 1.24 bits per heavy atom. The first-order valence-electron chi connectivity index (χ1n) is 5.46. The molecule has 4 heteroatoms. The Morgan fingerprint density at radius 2 is 1.76 bits per heavy atom. The number of aliphatic hydroxyl groups excluding tert-OH is 1. The smallest absolute Gasteiger partial charge is 0.120 e. The molecule has 17 heavy (non-hydrogen) atoms. The van der Waals surface area contributed by atoms with Crippen LogP contribution < -0.4 is 5.73 Å². The lowest BCUT2D eigenvalue weighted by atomic mass is 9.82. The number of aliphatic hydroxyl groups is 1. The maximum Gasteiger partial charge on any atom is 0.120 e. The first kappa shape index (κ1) is 16.2.